The van der Waals surface area contributed by atoms with Crippen molar-refractivity contribution < 1.29 is 42.3 Å². The van der Waals surface area contributed by atoms with E-state index in [1.807, 2.05) is 0 Å². The van der Waals surface area contributed by atoms with Crippen LogP contribution in [0.4, 0.5) is 0 Å². The molecule has 0 aliphatic rings. The van der Waals surface area contributed by atoms with Gasteiger partial charge in [-0.05, 0) is 49.9 Å². The van der Waals surface area contributed by atoms with Gasteiger partial charge in [0.25, 0.3) is 0 Å². The number of rotatable bonds is 32. The van der Waals surface area contributed by atoms with E-state index in [1.54, 1.807) is 48.5 Å². The highest BCUT2D eigenvalue weighted by Gasteiger charge is 2.20. The summed E-state index contributed by atoms with van der Waals surface area (Å²) < 4.78 is 29.3. The molecule has 0 unspecified atom stereocenters. The molecule has 0 amide bonds. The Kier molecular flexibility index (Phi) is 37.6. The normalized spacial score (nSPS) is 10.3. The molecule has 0 fully saturated rings. The first kappa shape index (κ1) is 54.3. The molecule has 0 spiro atoms. The fraction of sp³-hybridized carbons (Fsp3) is 0.667. The lowest BCUT2D eigenvalue weighted by molar-refractivity contribution is 0.0450. The van der Waals surface area contributed by atoms with Crippen molar-refractivity contribution in [2.45, 2.75) is 182 Å². The highest BCUT2D eigenvalue weighted by Crippen LogP contribution is 2.16. The summed E-state index contributed by atoms with van der Waals surface area (Å²) in [6.07, 6.45) is 27.3. The molecule has 0 saturated carbocycles. The van der Waals surface area contributed by atoms with E-state index in [2.05, 4.69) is 40.2 Å². The van der Waals surface area contributed by atoms with Gasteiger partial charge < -0.3 is 18.9 Å². The Morgan fingerprint density at radius 1 is 0.328 bits per heavy atom. The zero-order valence-corrected chi connectivity index (χ0v) is 37.3. The van der Waals surface area contributed by atoms with E-state index >= 15 is 0 Å². The predicted molar refractivity (Wildman–Crippen MR) is 236 cm³/mol. The van der Waals surface area contributed by atoms with Crippen LogP contribution in [-0.4, -0.2) is 54.5 Å². The van der Waals surface area contributed by atoms with Crippen LogP contribution in [0.2, 0.25) is 0 Å². The summed E-state index contributed by atoms with van der Waals surface area (Å²) in [5, 5.41) is 0. The van der Waals surface area contributed by atoms with Gasteiger partial charge in [0, 0.05) is 0 Å². The van der Waals surface area contributed by atoms with Crippen LogP contribution in [0.25, 0.3) is 0 Å². The van der Waals surface area contributed by atoms with E-state index in [0.717, 1.165) is 51.4 Å². The van der Waals surface area contributed by atoms with Crippen molar-refractivity contribution in [1.29, 1.82) is 0 Å². The first-order chi connectivity index (χ1) is 28.4. The van der Waals surface area contributed by atoms with Crippen molar-refractivity contribution in [3.05, 3.63) is 70.8 Å². The van der Waals surface area contributed by atoms with E-state index in [-0.39, 0.29) is 0 Å². The van der Waals surface area contributed by atoms with Crippen LogP contribution < -0.4 is 0 Å². The lowest BCUT2D eigenvalue weighted by Crippen LogP contribution is -2.15. The minimum Gasteiger partial charge on any atom is -0.462 e. The first-order valence-electron chi connectivity index (χ1n) is 22.4. The van der Waals surface area contributed by atoms with Gasteiger partial charge in [0.2, 0.25) is 0 Å². The number of carbonyl (C=O) groups excluding carboxylic acids is 4. The lowest BCUT2D eigenvalue weighted by Gasteiger charge is -2.10. The maximum absolute atomic E-state index is 12.4. The Bertz CT molecular complexity index is 1130. The molecular formula is C48H76O9S. The van der Waals surface area contributed by atoms with Gasteiger partial charge in [0.05, 0.1) is 48.7 Å². The number of esters is 4. The molecule has 0 radical (unpaired) electrons. The first-order valence-corrected chi connectivity index (χ1v) is 22.8. The Morgan fingerprint density at radius 3 is 0.690 bits per heavy atom. The quantitative estimate of drug-likeness (QED) is 0.0400. The summed E-state index contributed by atoms with van der Waals surface area (Å²) in [6, 6.07) is 13.5. The molecule has 0 heterocycles. The SMILES string of the molecule is CCCCCCCCOC(=O)c1ccccc1C(=O)OCCCCCCCC.CCCCCCCCOC(=O)c1ccccc1C(=O)OCCCCCCCC.O=S. The molecule has 0 aliphatic heterocycles. The van der Waals surface area contributed by atoms with Gasteiger partial charge in [0.1, 0.15) is 0 Å². The van der Waals surface area contributed by atoms with Gasteiger partial charge in [-0.15, -0.1) is 0 Å². The fourth-order valence-corrected chi connectivity index (χ4v) is 6.18. The van der Waals surface area contributed by atoms with Crippen molar-refractivity contribution in [3.8, 4) is 0 Å². The summed E-state index contributed by atoms with van der Waals surface area (Å²) in [5.41, 5.74) is 1.17. The van der Waals surface area contributed by atoms with Crippen LogP contribution in [0.3, 0.4) is 0 Å². The molecule has 0 saturated heterocycles. The van der Waals surface area contributed by atoms with Crippen LogP contribution in [0.5, 0.6) is 0 Å². The van der Waals surface area contributed by atoms with Gasteiger partial charge >= 0.3 is 23.9 Å². The van der Waals surface area contributed by atoms with E-state index in [4.69, 9.17) is 23.2 Å². The molecule has 0 aromatic heterocycles. The topological polar surface area (TPSA) is 122 Å². The largest absolute Gasteiger partial charge is 0.462 e. The highest BCUT2D eigenvalue weighted by atomic mass is 32.1. The summed E-state index contributed by atoms with van der Waals surface area (Å²) >= 11 is 2.83. The zero-order valence-electron chi connectivity index (χ0n) is 36.5. The van der Waals surface area contributed by atoms with E-state index in [0.29, 0.717) is 48.7 Å². The number of benzene rings is 2. The Balaban J connectivity index is 0.00000107. The summed E-state index contributed by atoms with van der Waals surface area (Å²) in [5.74, 6) is -1.78. The molecule has 10 heteroatoms. The number of carbonyl (C=O) groups is 4. The number of hydrogen-bond acceptors (Lipinski definition) is 10. The molecule has 0 N–H and O–H groups in total. The van der Waals surface area contributed by atoms with Gasteiger partial charge in [-0.25, -0.2) is 19.2 Å². The molecule has 2 aromatic carbocycles. The standard InChI is InChI=1S/2C24H38O4.OS/c2*1-3-5-7-9-11-15-19-27-23(25)21-17-13-14-18-22(21)24(26)28-20-16-12-10-8-6-4-2;1-2/h2*13-14,17-18H,3-12,15-16,19-20H2,1-2H3;. The van der Waals surface area contributed by atoms with E-state index < -0.39 is 23.9 Å². The third kappa shape index (κ3) is 27.9. The third-order valence-corrected chi connectivity index (χ3v) is 9.66. The minimum atomic E-state index is -0.444. The third-order valence-electron chi connectivity index (χ3n) is 9.66. The Morgan fingerprint density at radius 2 is 0.500 bits per heavy atom. The highest BCUT2D eigenvalue weighted by molar-refractivity contribution is 7.44. The molecule has 2 rings (SSSR count). The molecule has 0 atom stereocenters. The van der Waals surface area contributed by atoms with Crippen molar-refractivity contribution in [3.63, 3.8) is 0 Å². The van der Waals surface area contributed by atoms with Crippen molar-refractivity contribution >= 4 is 36.4 Å². The number of ether oxygens (including phenoxy) is 4. The molecule has 58 heavy (non-hydrogen) atoms. The number of hydrogen-bond donors (Lipinski definition) is 0. The lowest BCUT2D eigenvalue weighted by atomic mass is 10.1. The summed E-state index contributed by atoms with van der Waals surface area (Å²) in [7, 11) is 0. The van der Waals surface area contributed by atoms with Gasteiger partial charge in [0.15, 0.2) is 12.5 Å². The molecule has 0 bridgehead atoms. The zero-order chi connectivity index (χ0) is 42.9. The average molecular weight is 829 g/mol. The van der Waals surface area contributed by atoms with Crippen LogP contribution in [0, 0.1) is 0 Å². The van der Waals surface area contributed by atoms with Gasteiger partial charge in [-0.2, -0.15) is 4.21 Å². The van der Waals surface area contributed by atoms with E-state index in [1.165, 1.54) is 103 Å². The summed E-state index contributed by atoms with van der Waals surface area (Å²) in [4.78, 5) is 49.4. The summed E-state index contributed by atoms with van der Waals surface area (Å²) in [6.45, 7) is 10.3. The number of unbranched alkanes of at least 4 members (excludes halogenated alkanes) is 20. The second-order valence-corrected chi connectivity index (χ2v) is 14.7. The van der Waals surface area contributed by atoms with Gasteiger partial charge in [-0.3, -0.25) is 0 Å². The van der Waals surface area contributed by atoms with Crippen LogP contribution >= 0.6 is 0 Å². The smallest absolute Gasteiger partial charge is 0.339 e. The van der Waals surface area contributed by atoms with Gasteiger partial charge in [-0.1, -0.05) is 180 Å². The second kappa shape index (κ2) is 40.1. The fourth-order valence-electron chi connectivity index (χ4n) is 6.18. The molecular weight excluding hydrogens is 753 g/mol. The van der Waals surface area contributed by atoms with E-state index in [9.17, 15) is 19.2 Å². The average Bonchev–Trinajstić information content (AvgIpc) is 3.25. The second-order valence-electron chi connectivity index (χ2n) is 14.7. The molecule has 9 nitrogen and oxygen atoms in total. The Hall–Kier alpha value is -3.66. The van der Waals surface area contributed by atoms with Crippen molar-refractivity contribution in [1.82, 2.24) is 0 Å². The maximum atomic E-state index is 12.4. The molecule has 328 valence electrons. The molecule has 2 aromatic rings. The monoisotopic (exact) mass is 829 g/mol. The Labute approximate surface area is 356 Å². The van der Waals surface area contributed by atoms with Crippen molar-refractivity contribution in [2.75, 3.05) is 26.4 Å². The molecule has 0 aliphatic carbocycles. The maximum Gasteiger partial charge on any atom is 0.339 e. The predicted octanol–water partition coefficient (Wildman–Crippen LogP) is 13.1. The van der Waals surface area contributed by atoms with Crippen molar-refractivity contribution in [2.24, 2.45) is 0 Å². The minimum absolute atomic E-state index is 0.293. The van der Waals surface area contributed by atoms with Crippen LogP contribution in [-0.2, 0) is 31.5 Å². The van der Waals surface area contributed by atoms with Crippen LogP contribution in [0.15, 0.2) is 48.5 Å². The van der Waals surface area contributed by atoms with Crippen LogP contribution in [0.1, 0.15) is 223 Å².